The van der Waals surface area contributed by atoms with Crippen molar-refractivity contribution in [1.29, 1.82) is 0 Å². The van der Waals surface area contributed by atoms with Gasteiger partial charge < -0.3 is 15.0 Å². The van der Waals surface area contributed by atoms with Crippen LogP contribution in [-0.2, 0) is 9.31 Å². The Hall–Kier alpha value is -0.0351. The molecule has 0 spiro atoms. The Balaban J connectivity index is 2.35. The van der Waals surface area contributed by atoms with Crippen LogP contribution in [0.2, 0.25) is 15.2 Å². The third-order valence-corrected chi connectivity index (χ3v) is 4.93. The molecular formula is C12H16BCl3N2O2. The summed E-state index contributed by atoms with van der Waals surface area (Å²) >= 11 is 18.2. The van der Waals surface area contributed by atoms with Gasteiger partial charge in [0.05, 0.1) is 27.2 Å². The van der Waals surface area contributed by atoms with Crippen molar-refractivity contribution in [2.45, 2.75) is 44.8 Å². The predicted octanol–water partition coefficient (Wildman–Crippen LogP) is 3.67. The third-order valence-electron chi connectivity index (χ3n) is 3.86. The van der Waals surface area contributed by atoms with Crippen molar-refractivity contribution in [3.63, 3.8) is 0 Å². The van der Waals surface area contributed by atoms with Gasteiger partial charge in [-0.3, -0.25) is 0 Å². The number of nitrogens with zero attached hydrogens (tertiary/aromatic N) is 1. The minimum atomic E-state index is -0.659. The van der Waals surface area contributed by atoms with Crippen LogP contribution >= 0.6 is 34.8 Å². The van der Waals surface area contributed by atoms with E-state index in [9.17, 15) is 0 Å². The van der Waals surface area contributed by atoms with Gasteiger partial charge in [0.2, 0.25) is 0 Å². The first kappa shape index (κ1) is 16.3. The van der Waals surface area contributed by atoms with E-state index in [0.717, 1.165) is 0 Å². The average molecular weight is 337 g/mol. The zero-order valence-electron chi connectivity index (χ0n) is 11.7. The topological polar surface area (TPSA) is 57.4 Å². The molecule has 20 heavy (non-hydrogen) atoms. The number of hydrogen-bond donors (Lipinski definition) is 1. The summed E-state index contributed by atoms with van der Waals surface area (Å²) in [5, 5.41) is 0.709. The van der Waals surface area contributed by atoms with Gasteiger partial charge in [-0.2, -0.15) is 0 Å². The Kier molecular flexibility index (Phi) is 4.33. The van der Waals surface area contributed by atoms with Crippen molar-refractivity contribution in [3.8, 4) is 0 Å². The summed E-state index contributed by atoms with van der Waals surface area (Å²) in [4.78, 5) is 3.87. The average Bonchev–Trinajstić information content (AvgIpc) is 2.54. The van der Waals surface area contributed by atoms with Gasteiger partial charge in [-0.1, -0.05) is 34.8 Å². The van der Waals surface area contributed by atoms with Gasteiger partial charge in [0.25, 0.3) is 0 Å². The number of hydrogen-bond acceptors (Lipinski definition) is 4. The highest BCUT2D eigenvalue weighted by Gasteiger charge is 2.54. The van der Waals surface area contributed by atoms with Crippen molar-refractivity contribution >= 4 is 41.9 Å². The molecule has 1 aromatic rings. The summed E-state index contributed by atoms with van der Waals surface area (Å²) in [5.41, 5.74) is 5.72. The van der Waals surface area contributed by atoms with E-state index in [1.165, 1.54) is 6.20 Å². The molecule has 1 aliphatic rings. The first-order valence-electron chi connectivity index (χ1n) is 6.17. The molecule has 0 saturated carbocycles. The molecule has 1 fully saturated rings. The second kappa shape index (κ2) is 5.31. The molecule has 1 aliphatic heterocycles. The highest BCUT2D eigenvalue weighted by atomic mass is 35.5. The van der Waals surface area contributed by atoms with Gasteiger partial charge in [-0.25, -0.2) is 4.98 Å². The van der Waals surface area contributed by atoms with E-state index in [-0.39, 0.29) is 10.2 Å². The third kappa shape index (κ3) is 2.67. The molecule has 2 rings (SSSR count). The minimum Gasteiger partial charge on any atom is -0.402 e. The fourth-order valence-electron chi connectivity index (χ4n) is 1.93. The second-order valence-electron chi connectivity index (χ2n) is 5.78. The van der Waals surface area contributed by atoms with Gasteiger partial charge >= 0.3 is 7.12 Å². The van der Waals surface area contributed by atoms with E-state index in [1.807, 2.05) is 27.7 Å². The zero-order valence-corrected chi connectivity index (χ0v) is 14.0. The quantitative estimate of drug-likeness (QED) is 0.661. The van der Waals surface area contributed by atoms with Gasteiger partial charge in [0, 0.05) is 11.8 Å². The van der Waals surface area contributed by atoms with Crippen molar-refractivity contribution < 1.29 is 9.31 Å². The molecule has 2 N–H and O–H groups in total. The normalized spacial score (nSPS) is 22.1. The van der Waals surface area contributed by atoms with Crippen LogP contribution in [0.25, 0.3) is 0 Å². The maximum Gasteiger partial charge on any atom is 0.480 e. The largest absolute Gasteiger partial charge is 0.480 e. The maximum absolute atomic E-state index is 6.21. The molecule has 2 heterocycles. The molecule has 1 saturated heterocycles. The monoisotopic (exact) mass is 336 g/mol. The van der Waals surface area contributed by atoms with Gasteiger partial charge in [0.1, 0.15) is 5.15 Å². The molecule has 0 bridgehead atoms. The van der Waals surface area contributed by atoms with E-state index in [0.29, 0.717) is 10.6 Å². The summed E-state index contributed by atoms with van der Waals surface area (Å²) in [5.74, 6) is -0.656. The molecule has 0 radical (unpaired) electrons. The standard InChI is InChI=1S/C12H16BCl3N2O2/c1-11(2)12(3,4)20-13(19-11)9(17)7-6(14)5-18-10(16)8(7)15/h5,9H,17H2,1-4H3/t9-/m1/s1. The van der Waals surface area contributed by atoms with Crippen LogP contribution in [0.3, 0.4) is 0 Å². The fraction of sp³-hybridized carbons (Fsp3) is 0.583. The lowest BCUT2D eigenvalue weighted by atomic mass is 9.75. The van der Waals surface area contributed by atoms with Gasteiger partial charge in [-0.15, -0.1) is 0 Å². The molecule has 8 heteroatoms. The van der Waals surface area contributed by atoms with Crippen LogP contribution in [0.15, 0.2) is 6.20 Å². The van der Waals surface area contributed by atoms with Crippen molar-refractivity contribution in [2.24, 2.45) is 5.73 Å². The van der Waals surface area contributed by atoms with Crippen LogP contribution < -0.4 is 5.73 Å². The summed E-state index contributed by atoms with van der Waals surface area (Å²) in [6.07, 6.45) is 1.41. The van der Waals surface area contributed by atoms with Gasteiger partial charge in [0.15, 0.2) is 0 Å². The molecule has 4 nitrogen and oxygen atoms in total. The molecule has 0 aliphatic carbocycles. The van der Waals surface area contributed by atoms with E-state index in [1.54, 1.807) is 0 Å². The Labute approximate surface area is 134 Å². The lowest BCUT2D eigenvalue weighted by Gasteiger charge is -2.32. The van der Waals surface area contributed by atoms with Crippen molar-refractivity contribution in [1.82, 2.24) is 4.98 Å². The van der Waals surface area contributed by atoms with Gasteiger partial charge in [-0.05, 0) is 27.7 Å². The molecule has 1 aromatic heterocycles. The Morgan fingerprint density at radius 1 is 1.15 bits per heavy atom. The highest BCUT2D eigenvalue weighted by molar-refractivity contribution is 6.50. The molecule has 0 amide bonds. The Morgan fingerprint density at radius 3 is 2.15 bits per heavy atom. The van der Waals surface area contributed by atoms with E-state index < -0.39 is 24.3 Å². The Bertz CT molecular complexity index is 524. The van der Waals surface area contributed by atoms with E-state index in [4.69, 9.17) is 49.8 Å². The lowest BCUT2D eigenvalue weighted by Crippen LogP contribution is -2.41. The van der Waals surface area contributed by atoms with E-state index >= 15 is 0 Å². The van der Waals surface area contributed by atoms with Crippen LogP contribution in [0.5, 0.6) is 0 Å². The van der Waals surface area contributed by atoms with Crippen LogP contribution in [-0.4, -0.2) is 23.3 Å². The first-order valence-corrected chi connectivity index (χ1v) is 7.31. The first-order chi connectivity index (χ1) is 9.07. The number of nitrogens with two attached hydrogens (primary N) is 1. The Morgan fingerprint density at radius 2 is 1.65 bits per heavy atom. The van der Waals surface area contributed by atoms with E-state index in [2.05, 4.69) is 4.98 Å². The number of pyridine rings is 1. The van der Waals surface area contributed by atoms with Crippen molar-refractivity contribution in [2.75, 3.05) is 0 Å². The molecule has 0 unspecified atom stereocenters. The lowest BCUT2D eigenvalue weighted by molar-refractivity contribution is 0.00578. The molecule has 1 atom stereocenters. The van der Waals surface area contributed by atoms with Crippen LogP contribution in [0, 0.1) is 0 Å². The van der Waals surface area contributed by atoms with Crippen LogP contribution in [0.4, 0.5) is 0 Å². The van der Waals surface area contributed by atoms with Crippen molar-refractivity contribution in [3.05, 3.63) is 27.0 Å². The SMILES string of the molecule is CC1(C)OB([C@H](N)c2c(Cl)cnc(Cl)c2Cl)OC1(C)C. The summed E-state index contributed by atoms with van der Waals surface area (Å²) < 4.78 is 11.8. The summed E-state index contributed by atoms with van der Waals surface area (Å²) in [7, 11) is -0.659. The minimum absolute atomic E-state index is 0.151. The highest BCUT2D eigenvalue weighted by Crippen LogP contribution is 2.42. The number of rotatable bonds is 2. The number of aromatic nitrogens is 1. The zero-order chi connectivity index (χ0) is 15.3. The molecular weight excluding hydrogens is 321 g/mol. The predicted molar refractivity (Wildman–Crippen MR) is 82.3 cm³/mol. The fourth-order valence-corrected chi connectivity index (χ4v) is 2.68. The second-order valence-corrected chi connectivity index (χ2v) is 6.92. The summed E-state index contributed by atoms with van der Waals surface area (Å²) in [6.45, 7) is 7.79. The summed E-state index contributed by atoms with van der Waals surface area (Å²) in [6, 6.07) is 0. The number of halogens is 3. The molecule has 110 valence electrons. The smallest absolute Gasteiger partial charge is 0.402 e. The maximum atomic E-state index is 6.21. The van der Waals surface area contributed by atoms with Crippen LogP contribution in [0.1, 0.15) is 39.2 Å². The molecule has 0 aromatic carbocycles.